The van der Waals surface area contributed by atoms with Crippen LogP contribution in [-0.4, -0.2) is 32.5 Å². The summed E-state index contributed by atoms with van der Waals surface area (Å²) in [5, 5.41) is 0. The molecule has 0 aromatic carbocycles. The Bertz CT molecular complexity index is 90.0. The zero-order valence-corrected chi connectivity index (χ0v) is 10.2. The highest BCUT2D eigenvalue weighted by Gasteiger charge is 1.94. The molecular weight excluding hydrogens is 152 g/mol. The van der Waals surface area contributed by atoms with Gasteiger partial charge in [-0.05, 0) is 0 Å². The average molecular weight is 164 g/mol. The number of ketones is 2. The van der Waals surface area contributed by atoms with Gasteiger partial charge in [0, 0.05) is 13.8 Å². The molecule has 0 bridgehead atoms. The van der Waals surface area contributed by atoms with Crippen LogP contribution in [0.5, 0.6) is 0 Å². The number of carbonyl (C=O) groups excluding carboxylic acids is 2. The quantitative estimate of drug-likeness (QED) is 0.324. The second-order valence-corrected chi connectivity index (χ2v) is 4.79. The molecule has 0 heterocycles. The Morgan fingerprint density at radius 1 is 1.11 bits per heavy atom. The third kappa shape index (κ3) is 18.2. The highest BCUT2D eigenvalue weighted by molar-refractivity contribution is 6.35. The maximum Gasteiger partial charge on any atom is 0.195 e. The van der Waals surface area contributed by atoms with Crippen LogP contribution in [0, 0.1) is 0 Å². The predicted molar refractivity (Wildman–Crippen MR) is 42.3 cm³/mol. The molecule has 0 rings (SSSR count). The van der Waals surface area contributed by atoms with Gasteiger partial charge in [-0.3, -0.25) is 9.59 Å². The SMILES string of the molecule is CC(=O)C(C)=O.[SiH3]O[SiH3]. The molecule has 0 N–H and O–H groups in total. The molecular formula is C4H12O3Si2. The molecule has 0 atom stereocenters. The van der Waals surface area contributed by atoms with Crippen molar-refractivity contribution in [3.05, 3.63) is 0 Å². The lowest BCUT2D eigenvalue weighted by molar-refractivity contribution is -0.134. The van der Waals surface area contributed by atoms with Crippen LogP contribution in [0.25, 0.3) is 0 Å². The minimum Gasteiger partial charge on any atom is -0.471 e. The van der Waals surface area contributed by atoms with Gasteiger partial charge >= 0.3 is 0 Å². The number of carbonyl (C=O) groups is 2. The standard InChI is InChI=1S/C4H6O2.H6OSi2/c1-3(5)4(2)6;2-1-3/h1-2H3;2-3H3. The van der Waals surface area contributed by atoms with Crippen molar-refractivity contribution in [2.24, 2.45) is 0 Å². The fourth-order valence-electron chi connectivity index (χ4n) is 0. The van der Waals surface area contributed by atoms with Crippen LogP contribution in [0.1, 0.15) is 13.8 Å². The predicted octanol–water partition coefficient (Wildman–Crippen LogP) is -2.27. The van der Waals surface area contributed by atoms with Gasteiger partial charge < -0.3 is 4.12 Å². The lowest BCUT2D eigenvalue weighted by atomic mass is 10.3. The lowest BCUT2D eigenvalue weighted by Crippen LogP contribution is -2.01. The first-order chi connectivity index (χ1) is 4.06. The van der Waals surface area contributed by atoms with E-state index in [2.05, 4.69) is 4.12 Å². The van der Waals surface area contributed by atoms with Crippen LogP contribution in [0.15, 0.2) is 0 Å². The van der Waals surface area contributed by atoms with Crippen molar-refractivity contribution in [1.29, 1.82) is 0 Å². The van der Waals surface area contributed by atoms with E-state index in [1.807, 2.05) is 0 Å². The van der Waals surface area contributed by atoms with E-state index in [9.17, 15) is 9.59 Å². The second kappa shape index (κ2) is 7.73. The van der Waals surface area contributed by atoms with Crippen molar-refractivity contribution in [2.45, 2.75) is 13.8 Å². The Morgan fingerprint density at radius 3 is 1.22 bits per heavy atom. The normalized spacial score (nSPS) is 7.78. The number of hydrogen-bond acceptors (Lipinski definition) is 3. The van der Waals surface area contributed by atoms with Gasteiger partial charge in [0.2, 0.25) is 0 Å². The Labute approximate surface area is 60.9 Å². The Hall–Kier alpha value is -0.266. The first-order valence-electron chi connectivity index (χ1n) is 2.47. The average Bonchev–Trinajstić information content (AvgIpc) is 1.68. The van der Waals surface area contributed by atoms with Gasteiger partial charge in [-0.2, -0.15) is 0 Å². The summed E-state index contributed by atoms with van der Waals surface area (Å²) in [6, 6.07) is 0. The van der Waals surface area contributed by atoms with Crippen LogP contribution < -0.4 is 0 Å². The van der Waals surface area contributed by atoms with E-state index in [1.165, 1.54) is 13.8 Å². The summed E-state index contributed by atoms with van der Waals surface area (Å²) >= 11 is 0. The summed E-state index contributed by atoms with van der Waals surface area (Å²) in [4.78, 5) is 19.6. The molecule has 0 fully saturated rings. The van der Waals surface area contributed by atoms with Crippen molar-refractivity contribution in [1.82, 2.24) is 0 Å². The van der Waals surface area contributed by atoms with Gasteiger partial charge in [-0.25, -0.2) is 0 Å². The minimum absolute atomic E-state index is 0.380. The summed E-state index contributed by atoms with van der Waals surface area (Å²) in [7, 11) is 1.86. The van der Waals surface area contributed by atoms with E-state index in [4.69, 9.17) is 0 Å². The molecule has 0 aromatic rings. The molecule has 5 heteroatoms. The van der Waals surface area contributed by atoms with Crippen molar-refractivity contribution in [3.8, 4) is 0 Å². The molecule has 0 saturated heterocycles. The first-order valence-corrected chi connectivity index (χ1v) is 4.11. The summed E-state index contributed by atoms with van der Waals surface area (Å²) in [5.74, 6) is -0.759. The number of Topliss-reactive ketones (excluding diaryl/α,β-unsaturated/α-hetero) is 2. The van der Waals surface area contributed by atoms with Crippen molar-refractivity contribution < 1.29 is 13.7 Å². The monoisotopic (exact) mass is 164 g/mol. The van der Waals surface area contributed by atoms with Gasteiger partial charge in [0.15, 0.2) is 11.6 Å². The van der Waals surface area contributed by atoms with E-state index in [0.29, 0.717) is 0 Å². The first kappa shape index (κ1) is 11.5. The topological polar surface area (TPSA) is 43.4 Å². The summed E-state index contributed by atoms with van der Waals surface area (Å²) in [5.41, 5.74) is 0. The molecule has 0 aliphatic heterocycles. The fraction of sp³-hybridized carbons (Fsp3) is 0.500. The third-order valence-electron chi connectivity index (χ3n) is 0.496. The summed E-state index contributed by atoms with van der Waals surface area (Å²) < 4.78 is 4.53. The molecule has 0 saturated carbocycles. The maximum absolute atomic E-state index is 9.79. The van der Waals surface area contributed by atoms with E-state index in [0.717, 1.165) is 21.0 Å². The molecule has 9 heavy (non-hydrogen) atoms. The lowest BCUT2D eigenvalue weighted by Gasteiger charge is -1.73. The van der Waals surface area contributed by atoms with Crippen LogP contribution in [0.2, 0.25) is 0 Å². The third-order valence-corrected chi connectivity index (χ3v) is 0.496. The minimum atomic E-state index is -0.380. The van der Waals surface area contributed by atoms with Crippen molar-refractivity contribution >= 4 is 32.5 Å². The van der Waals surface area contributed by atoms with E-state index < -0.39 is 0 Å². The maximum atomic E-state index is 9.79. The fourth-order valence-corrected chi connectivity index (χ4v) is 0. The van der Waals surface area contributed by atoms with E-state index in [1.54, 1.807) is 0 Å². The van der Waals surface area contributed by atoms with Crippen molar-refractivity contribution in [3.63, 3.8) is 0 Å². The molecule has 3 nitrogen and oxygen atoms in total. The highest BCUT2D eigenvalue weighted by atomic mass is 28.3. The molecule has 0 radical (unpaired) electrons. The Balaban J connectivity index is 0. The van der Waals surface area contributed by atoms with E-state index >= 15 is 0 Å². The van der Waals surface area contributed by atoms with E-state index in [-0.39, 0.29) is 11.6 Å². The molecule has 54 valence electrons. The van der Waals surface area contributed by atoms with Crippen LogP contribution in [0.4, 0.5) is 0 Å². The van der Waals surface area contributed by atoms with Gasteiger partial charge in [-0.15, -0.1) is 0 Å². The molecule has 0 aliphatic carbocycles. The Morgan fingerprint density at radius 2 is 1.22 bits per heavy atom. The smallest absolute Gasteiger partial charge is 0.195 e. The van der Waals surface area contributed by atoms with Gasteiger partial charge in [-0.1, -0.05) is 0 Å². The molecule has 0 amide bonds. The summed E-state index contributed by atoms with van der Waals surface area (Å²) in [6.45, 7) is 2.50. The second-order valence-electron chi connectivity index (χ2n) is 1.52. The van der Waals surface area contributed by atoms with Gasteiger partial charge in [0.1, 0.15) is 21.0 Å². The summed E-state index contributed by atoms with van der Waals surface area (Å²) in [6.07, 6.45) is 0. The Kier molecular flexibility index (Phi) is 9.90. The van der Waals surface area contributed by atoms with Gasteiger partial charge in [0.25, 0.3) is 0 Å². The zero-order chi connectivity index (χ0) is 7.86. The highest BCUT2D eigenvalue weighted by Crippen LogP contribution is 1.66. The largest absolute Gasteiger partial charge is 0.471 e. The number of hydrogen-bond donors (Lipinski definition) is 0. The number of rotatable bonds is 1. The molecule has 0 aromatic heterocycles. The van der Waals surface area contributed by atoms with Gasteiger partial charge in [0.05, 0.1) is 0 Å². The van der Waals surface area contributed by atoms with Crippen molar-refractivity contribution in [2.75, 3.05) is 0 Å². The van der Waals surface area contributed by atoms with Crippen LogP contribution >= 0.6 is 0 Å². The van der Waals surface area contributed by atoms with Crippen LogP contribution in [0.3, 0.4) is 0 Å². The molecule has 0 spiro atoms. The molecule has 0 unspecified atom stereocenters. The van der Waals surface area contributed by atoms with Crippen LogP contribution in [-0.2, 0) is 13.7 Å². The zero-order valence-electron chi connectivity index (χ0n) is 6.22. The molecule has 0 aliphatic rings.